The Morgan fingerprint density at radius 1 is 1.23 bits per heavy atom. The zero-order valence-corrected chi connectivity index (χ0v) is 12.5. The first-order valence-corrected chi connectivity index (χ1v) is 7.07. The molecule has 0 aliphatic carbocycles. The molecule has 0 aliphatic rings. The Kier molecular flexibility index (Phi) is 7.18. The average Bonchev–Trinajstić information content (AvgIpc) is 2.45. The minimum Gasteiger partial charge on any atom is -0.481 e. The maximum absolute atomic E-state index is 10.9. The first kappa shape index (κ1) is 17.8. The van der Waals surface area contributed by atoms with Crippen LogP contribution in [0.4, 0.5) is 5.69 Å². The van der Waals surface area contributed by atoms with Crippen LogP contribution in [-0.4, -0.2) is 40.1 Å². The van der Waals surface area contributed by atoms with E-state index in [0.717, 1.165) is 12.0 Å². The number of rotatable bonds is 10. The van der Waals surface area contributed by atoms with Crippen molar-refractivity contribution < 1.29 is 19.8 Å². The first-order chi connectivity index (χ1) is 10.5. The molecule has 7 heteroatoms. The zero-order valence-electron chi connectivity index (χ0n) is 12.5. The molecule has 0 unspecified atom stereocenters. The second-order valence-electron chi connectivity index (χ2n) is 5.05. The van der Waals surface area contributed by atoms with Gasteiger partial charge in [-0.15, -0.1) is 4.91 Å². The lowest BCUT2D eigenvalue weighted by atomic mass is 10.0. The number of carboxylic acid groups (broad SMARTS) is 2. The van der Waals surface area contributed by atoms with E-state index >= 15 is 0 Å². The molecule has 2 N–H and O–H groups in total. The maximum atomic E-state index is 10.9. The number of hydrogen-bond donors (Lipinski definition) is 2. The third-order valence-corrected chi connectivity index (χ3v) is 3.16. The van der Waals surface area contributed by atoms with Crippen molar-refractivity contribution in [1.29, 1.82) is 0 Å². The van der Waals surface area contributed by atoms with Crippen LogP contribution in [0.2, 0.25) is 0 Å². The van der Waals surface area contributed by atoms with Crippen molar-refractivity contribution >= 4 is 17.6 Å². The van der Waals surface area contributed by atoms with E-state index in [1.54, 1.807) is 23.1 Å². The predicted octanol–water partition coefficient (Wildman–Crippen LogP) is 2.40. The third kappa shape index (κ3) is 6.01. The smallest absolute Gasteiger partial charge is 0.317 e. The van der Waals surface area contributed by atoms with E-state index in [0.29, 0.717) is 25.1 Å². The van der Waals surface area contributed by atoms with Crippen LogP contribution in [0.15, 0.2) is 23.4 Å². The number of carboxylic acids is 2. The summed E-state index contributed by atoms with van der Waals surface area (Å²) in [7, 11) is 0. The van der Waals surface area contributed by atoms with Crippen molar-refractivity contribution in [2.24, 2.45) is 5.18 Å². The minimum absolute atomic E-state index is 0.00110. The molecule has 1 aromatic carbocycles. The fourth-order valence-electron chi connectivity index (χ4n) is 2.22. The minimum atomic E-state index is -0.934. The van der Waals surface area contributed by atoms with E-state index < -0.39 is 11.9 Å². The van der Waals surface area contributed by atoms with Gasteiger partial charge in [0.15, 0.2) is 0 Å². The van der Waals surface area contributed by atoms with E-state index in [9.17, 15) is 14.5 Å². The summed E-state index contributed by atoms with van der Waals surface area (Å²) in [6.45, 7) is 2.70. The van der Waals surface area contributed by atoms with Crippen molar-refractivity contribution in [1.82, 2.24) is 4.90 Å². The van der Waals surface area contributed by atoms with E-state index in [4.69, 9.17) is 10.2 Å². The van der Waals surface area contributed by atoms with Gasteiger partial charge in [0.2, 0.25) is 0 Å². The van der Waals surface area contributed by atoms with Crippen LogP contribution in [0.5, 0.6) is 0 Å². The van der Waals surface area contributed by atoms with Gasteiger partial charge >= 0.3 is 11.9 Å². The molecule has 0 spiro atoms. The van der Waals surface area contributed by atoms with Gasteiger partial charge in [-0.05, 0) is 41.8 Å². The fourth-order valence-corrected chi connectivity index (χ4v) is 2.22. The number of aryl methyl sites for hydroxylation is 1. The molecular formula is C15H20N2O5. The highest BCUT2D eigenvalue weighted by atomic mass is 16.4. The quantitative estimate of drug-likeness (QED) is 0.643. The third-order valence-electron chi connectivity index (χ3n) is 3.16. The monoisotopic (exact) mass is 308 g/mol. The molecule has 0 bridgehead atoms. The van der Waals surface area contributed by atoms with Crippen LogP contribution in [0.1, 0.15) is 30.9 Å². The molecule has 0 atom stereocenters. The number of nitrogens with zero attached hydrogens (tertiary/aromatic N) is 2. The number of aliphatic carboxylic acids is 2. The molecule has 0 radical (unpaired) electrons. The van der Waals surface area contributed by atoms with Crippen molar-refractivity contribution in [3.8, 4) is 0 Å². The lowest BCUT2D eigenvalue weighted by Crippen LogP contribution is -2.30. The highest BCUT2D eigenvalue weighted by molar-refractivity contribution is 5.69. The van der Waals surface area contributed by atoms with Crippen LogP contribution in [-0.2, 0) is 22.6 Å². The summed E-state index contributed by atoms with van der Waals surface area (Å²) >= 11 is 0. The van der Waals surface area contributed by atoms with Gasteiger partial charge in [0, 0.05) is 13.0 Å². The topological polar surface area (TPSA) is 107 Å². The van der Waals surface area contributed by atoms with Crippen molar-refractivity contribution in [2.45, 2.75) is 32.7 Å². The highest BCUT2D eigenvalue weighted by Crippen LogP contribution is 2.23. The second kappa shape index (κ2) is 8.89. The van der Waals surface area contributed by atoms with Crippen LogP contribution in [0.25, 0.3) is 0 Å². The standard InChI is InChI=1S/C15H20N2O5/c1-2-7-17(10-15(20)21)9-12-8-11(4-6-14(18)19)3-5-13(12)16-22/h3,5,8H,2,4,6-7,9-10H2,1H3,(H,18,19)(H,20,21). The van der Waals surface area contributed by atoms with Gasteiger partial charge in [0.1, 0.15) is 5.69 Å². The predicted molar refractivity (Wildman–Crippen MR) is 81.1 cm³/mol. The van der Waals surface area contributed by atoms with Gasteiger partial charge in [-0.3, -0.25) is 14.5 Å². The van der Waals surface area contributed by atoms with Gasteiger partial charge in [0.05, 0.1) is 6.54 Å². The number of hydrogen-bond acceptors (Lipinski definition) is 5. The SMILES string of the molecule is CCCN(CC(=O)O)Cc1cc(CCC(=O)O)ccc1N=O. The largest absolute Gasteiger partial charge is 0.481 e. The zero-order chi connectivity index (χ0) is 16.5. The van der Waals surface area contributed by atoms with Gasteiger partial charge in [0.25, 0.3) is 0 Å². The lowest BCUT2D eigenvalue weighted by molar-refractivity contribution is -0.139. The summed E-state index contributed by atoms with van der Waals surface area (Å²) in [5.41, 5.74) is 1.66. The van der Waals surface area contributed by atoms with E-state index in [2.05, 4.69) is 5.18 Å². The molecular weight excluding hydrogens is 288 g/mol. The van der Waals surface area contributed by atoms with Crippen molar-refractivity contribution in [3.63, 3.8) is 0 Å². The summed E-state index contributed by atoms with van der Waals surface area (Å²) in [6.07, 6.45) is 1.14. The lowest BCUT2D eigenvalue weighted by Gasteiger charge is -2.20. The summed E-state index contributed by atoms with van der Waals surface area (Å²) in [5.74, 6) is -1.83. The van der Waals surface area contributed by atoms with Gasteiger partial charge in [-0.25, -0.2) is 0 Å². The summed E-state index contributed by atoms with van der Waals surface area (Å²) in [4.78, 5) is 34.1. The Bertz CT molecular complexity index is 545. The highest BCUT2D eigenvalue weighted by Gasteiger charge is 2.13. The average molecular weight is 308 g/mol. The Labute approximate surface area is 128 Å². The molecule has 0 aliphatic heterocycles. The molecule has 1 rings (SSSR count). The van der Waals surface area contributed by atoms with Crippen LogP contribution in [0.3, 0.4) is 0 Å². The fraction of sp³-hybridized carbons (Fsp3) is 0.467. The molecule has 22 heavy (non-hydrogen) atoms. The first-order valence-electron chi connectivity index (χ1n) is 7.07. The molecule has 0 fully saturated rings. The Balaban J connectivity index is 2.92. The molecule has 0 amide bonds. The van der Waals surface area contributed by atoms with Gasteiger partial charge in [-0.2, -0.15) is 0 Å². The molecule has 120 valence electrons. The summed E-state index contributed by atoms with van der Waals surface area (Å²) < 4.78 is 0. The maximum Gasteiger partial charge on any atom is 0.317 e. The van der Waals surface area contributed by atoms with E-state index in [1.807, 2.05) is 6.92 Å². The van der Waals surface area contributed by atoms with Crippen molar-refractivity contribution in [2.75, 3.05) is 13.1 Å². The Hall–Kier alpha value is -2.28. The molecule has 0 saturated carbocycles. The second-order valence-corrected chi connectivity index (χ2v) is 5.05. The molecule has 0 saturated heterocycles. The van der Waals surface area contributed by atoms with Crippen LogP contribution >= 0.6 is 0 Å². The summed E-state index contributed by atoms with van der Waals surface area (Å²) in [6, 6.07) is 4.94. The van der Waals surface area contributed by atoms with Crippen LogP contribution in [0, 0.1) is 4.91 Å². The molecule has 1 aromatic rings. The summed E-state index contributed by atoms with van der Waals surface area (Å²) in [5, 5.41) is 20.6. The Morgan fingerprint density at radius 2 is 1.95 bits per heavy atom. The van der Waals surface area contributed by atoms with E-state index in [1.165, 1.54) is 0 Å². The number of carbonyl (C=O) groups is 2. The van der Waals surface area contributed by atoms with E-state index in [-0.39, 0.29) is 18.7 Å². The van der Waals surface area contributed by atoms with Crippen LogP contribution < -0.4 is 0 Å². The normalized spacial score (nSPS) is 10.6. The number of nitroso groups, excluding NO2 is 1. The Morgan fingerprint density at radius 3 is 2.50 bits per heavy atom. The van der Waals surface area contributed by atoms with Crippen molar-refractivity contribution in [3.05, 3.63) is 34.2 Å². The number of benzene rings is 1. The molecule has 7 nitrogen and oxygen atoms in total. The molecule has 0 heterocycles. The molecule has 0 aromatic heterocycles. The van der Waals surface area contributed by atoms with Gasteiger partial charge < -0.3 is 10.2 Å². The van der Waals surface area contributed by atoms with Gasteiger partial charge in [-0.1, -0.05) is 19.1 Å².